The highest BCUT2D eigenvalue weighted by molar-refractivity contribution is 6.37. The molecule has 0 saturated heterocycles. The van der Waals surface area contributed by atoms with Gasteiger partial charge < -0.3 is 30.5 Å². The van der Waals surface area contributed by atoms with Gasteiger partial charge in [0.05, 0.1) is 20.4 Å². The summed E-state index contributed by atoms with van der Waals surface area (Å²) < 4.78 is 15.7. The van der Waals surface area contributed by atoms with Crippen LogP contribution in [0.4, 0.5) is 0 Å². The molecule has 0 spiro atoms. The predicted octanol–water partition coefficient (Wildman–Crippen LogP) is 1.10. The maximum Gasteiger partial charge on any atom is 0.332 e. The summed E-state index contributed by atoms with van der Waals surface area (Å²) in [5, 5.41) is 5.49. The van der Waals surface area contributed by atoms with E-state index in [1.807, 2.05) is 38.1 Å². The van der Waals surface area contributed by atoms with Crippen molar-refractivity contribution in [2.75, 3.05) is 20.4 Å². The molecule has 3 rings (SSSR count). The van der Waals surface area contributed by atoms with Gasteiger partial charge in [-0.2, -0.15) is 0 Å². The Morgan fingerprint density at radius 2 is 1.94 bits per heavy atom. The summed E-state index contributed by atoms with van der Waals surface area (Å²) >= 11 is 0. The lowest BCUT2D eigenvalue weighted by atomic mass is 9.75. The Hall–Kier alpha value is -2.85. The molecular weight excluding hydrogens is 425 g/mol. The number of nitrogens with one attached hydrogen (secondary N) is 2. The summed E-state index contributed by atoms with van der Waals surface area (Å²) in [6.45, 7) is 4.22. The van der Waals surface area contributed by atoms with Gasteiger partial charge in [-0.3, -0.25) is 9.59 Å². The average molecular weight is 458 g/mol. The quantitative estimate of drug-likeness (QED) is 0.252. The topological polar surface area (TPSA) is 129 Å². The van der Waals surface area contributed by atoms with E-state index >= 15 is 0 Å². The molecule has 2 aliphatic heterocycles. The van der Waals surface area contributed by atoms with Crippen LogP contribution in [0.2, 0.25) is 5.82 Å². The van der Waals surface area contributed by atoms with E-state index in [1.165, 1.54) is 14.6 Å². The minimum atomic E-state index is -0.980. The minimum Gasteiger partial charge on any atom is -0.493 e. The SMILES string of the molecule is COC(=O)[C@@H]1C=CCCOc2ccc(cc2)C[C@H]([B]OCN)C(=O)N[C@@H](CC(C)C)C(=O)N1. The third-order valence-electron chi connectivity index (χ3n) is 5.05. The monoisotopic (exact) mass is 458 g/mol. The van der Waals surface area contributed by atoms with Crippen molar-refractivity contribution < 1.29 is 28.5 Å². The van der Waals surface area contributed by atoms with E-state index in [0.29, 0.717) is 31.6 Å². The number of nitrogens with two attached hydrogens (primary N) is 1. The molecule has 0 aliphatic carbocycles. The maximum absolute atomic E-state index is 13.1. The number of rotatable bonds is 6. The van der Waals surface area contributed by atoms with Crippen molar-refractivity contribution in [2.24, 2.45) is 11.7 Å². The number of methoxy groups -OCH3 is 1. The molecule has 0 unspecified atom stereocenters. The Bertz CT molecular complexity index is 815. The van der Waals surface area contributed by atoms with E-state index in [-0.39, 0.29) is 18.6 Å². The Labute approximate surface area is 195 Å². The van der Waals surface area contributed by atoms with Crippen LogP contribution in [0.15, 0.2) is 36.4 Å². The van der Waals surface area contributed by atoms with E-state index in [4.69, 9.17) is 19.9 Å². The van der Waals surface area contributed by atoms with Crippen molar-refractivity contribution in [3.05, 3.63) is 42.0 Å². The van der Waals surface area contributed by atoms with Crippen LogP contribution >= 0.6 is 0 Å². The van der Waals surface area contributed by atoms with Gasteiger partial charge in [-0.1, -0.05) is 38.1 Å². The molecular formula is C23H33BN3O6. The third-order valence-corrected chi connectivity index (χ3v) is 5.05. The van der Waals surface area contributed by atoms with Gasteiger partial charge in [-0.15, -0.1) is 0 Å². The van der Waals surface area contributed by atoms with Gasteiger partial charge in [-0.05, 0) is 42.9 Å². The molecule has 2 bridgehead atoms. The molecule has 3 atom stereocenters. The third kappa shape index (κ3) is 8.90. The van der Waals surface area contributed by atoms with Crippen molar-refractivity contribution >= 4 is 25.3 Å². The van der Waals surface area contributed by atoms with Crippen molar-refractivity contribution in [1.82, 2.24) is 10.6 Å². The molecule has 4 N–H and O–H groups in total. The summed E-state index contributed by atoms with van der Waals surface area (Å²) in [5.41, 5.74) is 6.34. The molecule has 1 radical (unpaired) electrons. The molecule has 179 valence electrons. The van der Waals surface area contributed by atoms with E-state index < -0.39 is 29.8 Å². The fourth-order valence-corrected chi connectivity index (χ4v) is 3.38. The zero-order chi connectivity index (χ0) is 24.2. The number of hydrogen-bond acceptors (Lipinski definition) is 7. The molecule has 0 fully saturated rings. The van der Waals surface area contributed by atoms with Gasteiger partial charge in [0.1, 0.15) is 17.8 Å². The minimum absolute atomic E-state index is 0.0698. The molecule has 0 aromatic heterocycles. The Kier molecular flexibility index (Phi) is 10.9. The van der Waals surface area contributed by atoms with Gasteiger partial charge in [-0.25, -0.2) is 4.79 Å². The van der Waals surface area contributed by atoms with E-state index in [0.717, 1.165) is 5.56 Å². The summed E-state index contributed by atoms with van der Waals surface area (Å²) in [4.78, 5) is 38.3. The van der Waals surface area contributed by atoms with Crippen LogP contribution in [0.3, 0.4) is 0 Å². The number of amides is 2. The second-order valence-corrected chi connectivity index (χ2v) is 8.19. The van der Waals surface area contributed by atoms with Crippen LogP contribution < -0.4 is 21.1 Å². The van der Waals surface area contributed by atoms with Crippen molar-refractivity contribution in [2.45, 2.75) is 51.0 Å². The van der Waals surface area contributed by atoms with Gasteiger partial charge in [0.15, 0.2) is 0 Å². The predicted molar refractivity (Wildman–Crippen MR) is 124 cm³/mol. The summed E-state index contributed by atoms with van der Waals surface area (Å²) in [6.07, 6.45) is 4.59. The lowest BCUT2D eigenvalue weighted by Gasteiger charge is -2.24. The number of fused-ring (bicyclic) bond motifs is 13. The fraction of sp³-hybridized carbons (Fsp3) is 0.522. The lowest BCUT2D eigenvalue weighted by Crippen LogP contribution is -2.52. The summed E-state index contributed by atoms with van der Waals surface area (Å²) in [6, 6.07) is 5.61. The highest BCUT2D eigenvalue weighted by atomic mass is 16.5. The first kappa shape index (κ1) is 26.4. The Balaban J connectivity index is 2.34. The summed E-state index contributed by atoms with van der Waals surface area (Å²) in [7, 11) is 2.64. The van der Waals surface area contributed by atoms with Gasteiger partial charge >= 0.3 is 13.5 Å². The standard InChI is InChI=1S/C23H33BN3O6/c1-15(2)12-20-22(29)26-19(23(30)31-3)6-4-5-11-32-17-9-7-16(8-10-17)13-18(21(28)27-20)24-33-14-25/h4,6-10,15,18-20H,5,11-14,25H2,1-3H3,(H,26,29)(H,27,28)/t18-,19-,20-/m0/s1. The number of ether oxygens (including phenoxy) is 2. The smallest absolute Gasteiger partial charge is 0.332 e. The average Bonchev–Trinajstić information content (AvgIpc) is 2.79. The van der Waals surface area contributed by atoms with E-state index in [1.54, 1.807) is 12.2 Å². The molecule has 2 amide bonds. The highest BCUT2D eigenvalue weighted by Crippen LogP contribution is 2.19. The maximum atomic E-state index is 13.1. The molecule has 1 aromatic carbocycles. The molecule has 9 nitrogen and oxygen atoms in total. The number of benzene rings is 1. The van der Waals surface area contributed by atoms with Crippen LogP contribution in [0, 0.1) is 5.92 Å². The molecule has 0 saturated carbocycles. The van der Waals surface area contributed by atoms with Crippen LogP contribution in [-0.4, -0.2) is 57.8 Å². The summed E-state index contributed by atoms with van der Waals surface area (Å²) in [5.74, 6) is -1.32. The van der Waals surface area contributed by atoms with Gasteiger partial charge in [0.2, 0.25) is 11.8 Å². The molecule has 2 heterocycles. The van der Waals surface area contributed by atoms with E-state index in [2.05, 4.69) is 10.6 Å². The van der Waals surface area contributed by atoms with Crippen LogP contribution in [0.1, 0.15) is 32.3 Å². The second-order valence-electron chi connectivity index (χ2n) is 8.19. The fourth-order valence-electron chi connectivity index (χ4n) is 3.38. The van der Waals surface area contributed by atoms with Crippen LogP contribution in [0.5, 0.6) is 5.75 Å². The second kappa shape index (κ2) is 13.6. The number of esters is 1. The number of carbonyl (C=O) groups excluding carboxylic acids is 3. The first-order valence-electron chi connectivity index (χ1n) is 11.1. The number of hydrogen-bond donors (Lipinski definition) is 3. The van der Waals surface area contributed by atoms with Crippen molar-refractivity contribution in [3.8, 4) is 5.75 Å². The molecule has 10 heteroatoms. The molecule has 2 aliphatic rings. The first-order chi connectivity index (χ1) is 15.8. The van der Waals surface area contributed by atoms with Crippen molar-refractivity contribution in [1.29, 1.82) is 0 Å². The normalized spacial score (nSPS) is 22.2. The first-order valence-corrected chi connectivity index (χ1v) is 11.1. The molecule has 33 heavy (non-hydrogen) atoms. The molecule has 1 aromatic rings. The Morgan fingerprint density at radius 3 is 2.58 bits per heavy atom. The van der Waals surface area contributed by atoms with Crippen LogP contribution in [-0.2, 0) is 30.2 Å². The van der Waals surface area contributed by atoms with Gasteiger partial charge in [0, 0.05) is 5.82 Å². The zero-order valence-electron chi connectivity index (χ0n) is 19.4. The number of carbonyl (C=O) groups is 3. The van der Waals surface area contributed by atoms with Crippen molar-refractivity contribution in [3.63, 3.8) is 0 Å². The lowest BCUT2D eigenvalue weighted by molar-refractivity contribution is -0.144. The van der Waals surface area contributed by atoms with E-state index in [9.17, 15) is 14.4 Å². The van der Waals surface area contributed by atoms with Gasteiger partial charge in [0.25, 0.3) is 0 Å². The largest absolute Gasteiger partial charge is 0.493 e. The highest BCUT2D eigenvalue weighted by Gasteiger charge is 2.30. The zero-order valence-corrected chi connectivity index (χ0v) is 19.4. The van der Waals surface area contributed by atoms with Crippen LogP contribution in [0.25, 0.3) is 0 Å². The Morgan fingerprint density at radius 1 is 1.21 bits per heavy atom.